The summed E-state index contributed by atoms with van der Waals surface area (Å²) in [6.07, 6.45) is 0. The number of aromatic carboxylic acids is 1. The van der Waals surface area contributed by atoms with Crippen LogP contribution in [0, 0.1) is 0 Å². The van der Waals surface area contributed by atoms with Crippen LogP contribution in [0.5, 0.6) is 5.75 Å². The van der Waals surface area contributed by atoms with Crippen molar-refractivity contribution in [3.63, 3.8) is 0 Å². The van der Waals surface area contributed by atoms with E-state index in [1.54, 1.807) is 24.3 Å². The molecule has 1 heterocycles. The molecule has 0 unspecified atom stereocenters. The maximum atomic E-state index is 12.4. The molecule has 146 valence electrons. The second-order valence-electron chi connectivity index (χ2n) is 6.12. The molecule has 1 N–H and O–H groups in total. The van der Waals surface area contributed by atoms with Gasteiger partial charge in [0.2, 0.25) is 5.43 Å². The van der Waals surface area contributed by atoms with Crippen molar-refractivity contribution in [3.05, 3.63) is 70.1 Å². The van der Waals surface area contributed by atoms with Gasteiger partial charge in [-0.15, -0.1) is 0 Å². The monoisotopic (exact) mass is 643 g/mol. The minimum atomic E-state index is -1.03. The molecule has 2 aliphatic rings. The Balaban J connectivity index is 2.22. The summed E-state index contributed by atoms with van der Waals surface area (Å²) in [5, 5.41) is 22.2. The van der Waals surface area contributed by atoms with Crippen LogP contribution in [0.15, 0.2) is 63.5 Å². The van der Waals surface area contributed by atoms with E-state index in [1.807, 2.05) is 0 Å². The molecule has 1 aliphatic carbocycles. The van der Waals surface area contributed by atoms with Crippen molar-refractivity contribution < 1.29 is 19.4 Å². The fourth-order valence-electron chi connectivity index (χ4n) is 3.08. The van der Waals surface area contributed by atoms with E-state index < -0.39 is 5.97 Å². The second kappa shape index (κ2) is 7.54. The number of hydrogen-bond donors (Lipinski definition) is 1. The third kappa shape index (κ3) is 3.34. The first-order valence-corrected chi connectivity index (χ1v) is 11.1. The lowest BCUT2D eigenvalue weighted by atomic mass is 9.93. The Hall–Kier alpha value is -1.68. The molecule has 1 aliphatic heterocycles. The van der Waals surface area contributed by atoms with Crippen LogP contribution in [0.4, 0.5) is 0 Å². The molecular formula is C20H7Br4O5-. The van der Waals surface area contributed by atoms with Crippen molar-refractivity contribution in [2.75, 3.05) is 0 Å². The lowest BCUT2D eigenvalue weighted by Crippen LogP contribution is -2.07. The molecule has 5 nitrogen and oxygen atoms in total. The molecule has 0 spiro atoms. The predicted octanol–water partition coefficient (Wildman–Crippen LogP) is 6.39. The quantitative estimate of drug-likeness (QED) is 0.255. The third-order valence-electron chi connectivity index (χ3n) is 4.43. The van der Waals surface area contributed by atoms with Gasteiger partial charge < -0.3 is 14.6 Å². The molecule has 0 bridgehead atoms. The molecule has 0 amide bonds. The molecule has 0 aromatic heterocycles. The topological polar surface area (TPSA) is 90.6 Å². The molecule has 0 radical (unpaired) electrons. The fourth-order valence-corrected chi connectivity index (χ4v) is 5.48. The smallest absolute Gasteiger partial charge is 0.335 e. The van der Waals surface area contributed by atoms with Gasteiger partial charge >= 0.3 is 5.97 Å². The minimum absolute atomic E-state index is 0.149. The summed E-state index contributed by atoms with van der Waals surface area (Å²) in [5.41, 5.74) is 2.17. The van der Waals surface area contributed by atoms with Gasteiger partial charge in [-0.2, -0.15) is 0 Å². The van der Waals surface area contributed by atoms with Crippen LogP contribution in [-0.4, -0.2) is 11.1 Å². The van der Waals surface area contributed by atoms with Gasteiger partial charge in [-0.05, 0) is 77.6 Å². The van der Waals surface area contributed by atoms with E-state index in [0.717, 1.165) is 0 Å². The Morgan fingerprint density at radius 3 is 2.24 bits per heavy atom. The molecule has 0 saturated heterocycles. The average Bonchev–Trinajstić information content (AvgIpc) is 2.70. The zero-order valence-electron chi connectivity index (χ0n) is 14.1. The summed E-state index contributed by atoms with van der Waals surface area (Å²) >= 11 is 13.1. The van der Waals surface area contributed by atoms with E-state index in [4.69, 9.17) is 4.42 Å². The number of rotatable bonds is 2. The molecule has 0 saturated carbocycles. The zero-order valence-corrected chi connectivity index (χ0v) is 20.4. The van der Waals surface area contributed by atoms with Gasteiger partial charge in [0.15, 0.2) is 5.76 Å². The van der Waals surface area contributed by atoms with E-state index in [0.29, 0.717) is 31.0 Å². The SMILES string of the molecule is O=C(O)c1ccc(-c2c3cc(Br)c(=O)c(Br)c-3oc3c(Br)c([O-])c(Br)cc23)cc1. The Morgan fingerprint density at radius 1 is 0.966 bits per heavy atom. The van der Waals surface area contributed by atoms with Crippen molar-refractivity contribution in [2.45, 2.75) is 0 Å². The first-order chi connectivity index (χ1) is 13.7. The highest BCUT2D eigenvalue weighted by Crippen LogP contribution is 2.47. The van der Waals surface area contributed by atoms with E-state index in [9.17, 15) is 19.8 Å². The average molecular weight is 647 g/mol. The lowest BCUT2D eigenvalue weighted by Gasteiger charge is -2.20. The molecule has 0 fully saturated rings. The third-order valence-corrected chi connectivity index (χ3v) is 7.04. The van der Waals surface area contributed by atoms with Gasteiger partial charge in [0, 0.05) is 21.0 Å². The Bertz CT molecular complexity index is 1340. The first-order valence-electron chi connectivity index (χ1n) is 7.98. The molecule has 2 aromatic rings. The number of hydrogen-bond acceptors (Lipinski definition) is 4. The standard InChI is InChI=1S/C20H8Br4O5/c21-11-5-9-13(7-1-3-8(4-2-7)20(27)28)10-6-12(22)17(26)15(24)19(10)29-18(9)14(23)16(11)25/h1-6,25H,(H,27,28)/p-1. The maximum absolute atomic E-state index is 12.4. The highest BCUT2D eigenvalue weighted by Gasteiger charge is 2.24. The highest BCUT2D eigenvalue weighted by atomic mass is 79.9. The van der Waals surface area contributed by atoms with Gasteiger partial charge in [0.25, 0.3) is 0 Å². The van der Waals surface area contributed by atoms with Crippen LogP contribution < -0.4 is 10.5 Å². The molecule has 9 heteroatoms. The van der Waals surface area contributed by atoms with Crippen LogP contribution >= 0.6 is 63.7 Å². The van der Waals surface area contributed by atoms with E-state index in [-0.39, 0.29) is 37.0 Å². The van der Waals surface area contributed by atoms with Crippen LogP contribution in [-0.2, 0) is 0 Å². The van der Waals surface area contributed by atoms with E-state index >= 15 is 0 Å². The molecule has 29 heavy (non-hydrogen) atoms. The largest absolute Gasteiger partial charge is 0.871 e. The molecule has 2 aromatic carbocycles. The number of carboxylic acid groups (broad SMARTS) is 1. The highest BCUT2D eigenvalue weighted by molar-refractivity contribution is 9.11. The summed E-state index contributed by atoms with van der Waals surface area (Å²) in [7, 11) is 0. The number of halogens is 4. The van der Waals surface area contributed by atoms with Crippen molar-refractivity contribution in [2.24, 2.45) is 0 Å². The van der Waals surface area contributed by atoms with Gasteiger partial charge in [0.05, 0.1) is 14.5 Å². The number of carbonyl (C=O) groups is 1. The van der Waals surface area contributed by atoms with Gasteiger partial charge in [0.1, 0.15) is 10.1 Å². The van der Waals surface area contributed by atoms with Crippen LogP contribution in [0.2, 0.25) is 0 Å². The summed E-state index contributed by atoms with van der Waals surface area (Å²) in [5.74, 6) is -1.04. The number of benzene rings is 3. The fraction of sp³-hybridized carbons (Fsp3) is 0. The zero-order chi connectivity index (χ0) is 21.0. The Kier molecular flexibility index (Phi) is 5.35. The van der Waals surface area contributed by atoms with Crippen molar-refractivity contribution >= 4 is 80.7 Å². The number of fused-ring (bicyclic) bond motifs is 2. The summed E-state index contributed by atoms with van der Waals surface area (Å²) < 4.78 is 7.09. The normalized spacial score (nSPS) is 11.3. The van der Waals surface area contributed by atoms with Gasteiger partial charge in [-0.1, -0.05) is 33.8 Å². The molecule has 0 atom stereocenters. The van der Waals surface area contributed by atoms with Crippen molar-refractivity contribution in [1.29, 1.82) is 0 Å². The summed E-state index contributed by atoms with van der Waals surface area (Å²) in [6, 6.07) is 9.65. The minimum Gasteiger partial charge on any atom is -0.871 e. The predicted molar refractivity (Wildman–Crippen MR) is 122 cm³/mol. The number of carboxylic acids is 1. The van der Waals surface area contributed by atoms with Crippen LogP contribution in [0.3, 0.4) is 0 Å². The lowest BCUT2D eigenvalue weighted by molar-refractivity contribution is -0.270. The van der Waals surface area contributed by atoms with Crippen LogP contribution in [0.1, 0.15) is 10.4 Å². The Morgan fingerprint density at radius 2 is 1.62 bits per heavy atom. The molecule has 4 rings (SSSR count). The van der Waals surface area contributed by atoms with Crippen molar-refractivity contribution in [3.8, 4) is 28.2 Å². The molecular weight excluding hydrogens is 640 g/mol. The summed E-state index contributed by atoms with van der Waals surface area (Å²) in [6.45, 7) is 0. The summed E-state index contributed by atoms with van der Waals surface area (Å²) in [4.78, 5) is 23.6. The van der Waals surface area contributed by atoms with Gasteiger partial charge in [-0.3, -0.25) is 4.79 Å². The van der Waals surface area contributed by atoms with E-state index in [1.165, 1.54) is 12.1 Å². The van der Waals surface area contributed by atoms with E-state index in [2.05, 4.69) is 63.7 Å². The van der Waals surface area contributed by atoms with Gasteiger partial charge in [-0.25, -0.2) is 4.79 Å². The van der Waals surface area contributed by atoms with Crippen molar-refractivity contribution in [1.82, 2.24) is 0 Å². The second-order valence-corrected chi connectivity index (χ2v) is 9.41. The maximum Gasteiger partial charge on any atom is 0.335 e. The van der Waals surface area contributed by atoms with Crippen LogP contribution in [0.25, 0.3) is 33.4 Å². The first kappa shape index (κ1) is 20.6. The Labute approximate surface area is 197 Å².